The SMILES string of the molecule is CCOc1ccc(C(C)NC(=O)CCNc2ncccn2)cc1OCC. The van der Waals surface area contributed by atoms with Crippen LogP contribution in [-0.2, 0) is 4.79 Å². The van der Waals surface area contributed by atoms with Crippen molar-refractivity contribution in [2.45, 2.75) is 33.2 Å². The van der Waals surface area contributed by atoms with E-state index in [2.05, 4.69) is 20.6 Å². The Balaban J connectivity index is 1.88. The minimum Gasteiger partial charge on any atom is -0.490 e. The Morgan fingerprint density at radius 3 is 2.50 bits per heavy atom. The Bertz CT molecular complexity index is 694. The maximum absolute atomic E-state index is 12.1. The third-order valence-corrected chi connectivity index (χ3v) is 3.65. The summed E-state index contributed by atoms with van der Waals surface area (Å²) in [6.45, 7) is 7.40. The zero-order chi connectivity index (χ0) is 18.8. The highest BCUT2D eigenvalue weighted by atomic mass is 16.5. The molecule has 0 saturated heterocycles. The van der Waals surface area contributed by atoms with Crippen LogP contribution in [0.3, 0.4) is 0 Å². The molecule has 0 fully saturated rings. The maximum Gasteiger partial charge on any atom is 0.222 e. The van der Waals surface area contributed by atoms with E-state index in [-0.39, 0.29) is 11.9 Å². The van der Waals surface area contributed by atoms with Crippen LogP contribution in [0.1, 0.15) is 38.8 Å². The van der Waals surface area contributed by atoms with Gasteiger partial charge in [0.25, 0.3) is 0 Å². The molecule has 0 spiro atoms. The Hall–Kier alpha value is -2.83. The van der Waals surface area contributed by atoms with Crippen molar-refractivity contribution in [1.29, 1.82) is 0 Å². The zero-order valence-corrected chi connectivity index (χ0v) is 15.5. The molecule has 26 heavy (non-hydrogen) atoms. The van der Waals surface area contributed by atoms with Crippen LogP contribution in [0.2, 0.25) is 0 Å². The van der Waals surface area contributed by atoms with Gasteiger partial charge in [-0.15, -0.1) is 0 Å². The summed E-state index contributed by atoms with van der Waals surface area (Å²) >= 11 is 0. The van der Waals surface area contributed by atoms with E-state index < -0.39 is 0 Å². The van der Waals surface area contributed by atoms with Crippen molar-refractivity contribution in [1.82, 2.24) is 15.3 Å². The lowest BCUT2D eigenvalue weighted by Crippen LogP contribution is -2.28. The van der Waals surface area contributed by atoms with Crippen LogP contribution < -0.4 is 20.1 Å². The number of anilines is 1. The first kappa shape index (κ1) is 19.5. The molecule has 7 nitrogen and oxygen atoms in total. The van der Waals surface area contributed by atoms with E-state index >= 15 is 0 Å². The Kier molecular flexibility index (Phi) is 7.67. The summed E-state index contributed by atoms with van der Waals surface area (Å²) in [5.41, 5.74) is 0.963. The van der Waals surface area contributed by atoms with Gasteiger partial charge in [0.2, 0.25) is 11.9 Å². The second-order valence-electron chi connectivity index (χ2n) is 5.61. The van der Waals surface area contributed by atoms with Gasteiger partial charge in [-0.1, -0.05) is 6.07 Å². The van der Waals surface area contributed by atoms with Gasteiger partial charge in [0.1, 0.15) is 0 Å². The normalized spacial score (nSPS) is 11.5. The van der Waals surface area contributed by atoms with Gasteiger partial charge in [0, 0.05) is 25.4 Å². The van der Waals surface area contributed by atoms with Gasteiger partial charge >= 0.3 is 0 Å². The second kappa shape index (κ2) is 10.2. The molecule has 1 atom stereocenters. The number of hydrogen-bond donors (Lipinski definition) is 2. The fraction of sp³-hybridized carbons (Fsp3) is 0.421. The highest BCUT2D eigenvalue weighted by Gasteiger charge is 2.13. The quantitative estimate of drug-likeness (QED) is 0.679. The number of benzene rings is 1. The Morgan fingerprint density at radius 1 is 1.12 bits per heavy atom. The smallest absolute Gasteiger partial charge is 0.222 e. The highest BCUT2D eigenvalue weighted by Crippen LogP contribution is 2.30. The van der Waals surface area contributed by atoms with E-state index in [0.29, 0.717) is 43.6 Å². The number of amides is 1. The van der Waals surface area contributed by atoms with Crippen molar-refractivity contribution >= 4 is 11.9 Å². The summed E-state index contributed by atoms with van der Waals surface area (Å²) in [7, 11) is 0. The molecular weight excluding hydrogens is 332 g/mol. The van der Waals surface area contributed by atoms with Crippen LogP contribution in [0.4, 0.5) is 5.95 Å². The number of carbonyl (C=O) groups excluding carboxylic acids is 1. The number of aromatic nitrogens is 2. The van der Waals surface area contributed by atoms with E-state index in [1.165, 1.54) is 0 Å². The Morgan fingerprint density at radius 2 is 1.81 bits per heavy atom. The van der Waals surface area contributed by atoms with Crippen LogP contribution in [0.5, 0.6) is 11.5 Å². The fourth-order valence-electron chi connectivity index (χ4n) is 2.41. The topological polar surface area (TPSA) is 85.4 Å². The predicted octanol–water partition coefficient (Wildman–Crippen LogP) is 2.95. The standard InChI is InChI=1S/C19H26N4O3/c1-4-25-16-8-7-15(13-17(16)26-5-2)14(3)23-18(24)9-12-22-19-20-10-6-11-21-19/h6-8,10-11,13-14H,4-5,9,12H2,1-3H3,(H,23,24)(H,20,21,22). The molecule has 2 N–H and O–H groups in total. The predicted molar refractivity (Wildman–Crippen MR) is 100 cm³/mol. The minimum atomic E-state index is -0.134. The lowest BCUT2D eigenvalue weighted by Gasteiger charge is -2.17. The van der Waals surface area contributed by atoms with Gasteiger partial charge in [-0.2, -0.15) is 0 Å². The molecule has 7 heteroatoms. The first-order valence-electron chi connectivity index (χ1n) is 8.83. The zero-order valence-electron chi connectivity index (χ0n) is 15.5. The summed E-state index contributed by atoms with van der Waals surface area (Å²) < 4.78 is 11.2. The molecule has 0 aliphatic carbocycles. The molecular formula is C19H26N4O3. The third-order valence-electron chi connectivity index (χ3n) is 3.65. The van der Waals surface area contributed by atoms with Crippen molar-refractivity contribution in [3.8, 4) is 11.5 Å². The molecule has 140 valence electrons. The Labute approximate surface area is 154 Å². The van der Waals surface area contributed by atoms with Gasteiger partial charge in [-0.05, 0) is 44.5 Å². The third kappa shape index (κ3) is 5.91. The highest BCUT2D eigenvalue weighted by molar-refractivity contribution is 5.76. The van der Waals surface area contributed by atoms with Crippen LogP contribution in [0.25, 0.3) is 0 Å². The first-order valence-corrected chi connectivity index (χ1v) is 8.83. The number of hydrogen-bond acceptors (Lipinski definition) is 6. The monoisotopic (exact) mass is 358 g/mol. The molecule has 1 aromatic carbocycles. The van der Waals surface area contributed by atoms with Crippen molar-refractivity contribution in [2.75, 3.05) is 25.1 Å². The molecule has 2 rings (SSSR count). The lowest BCUT2D eigenvalue weighted by atomic mass is 10.1. The van der Waals surface area contributed by atoms with Crippen LogP contribution in [0.15, 0.2) is 36.7 Å². The van der Waals surface area contributed by atoms with E-state index in [4.69, 9.17) is 9.47 Å². The maximum atomic E-state index is 12.1. The number of rotatable bonds is 10. The largest absolute Gasteiger partial charge is 0.490 e. The van der Waals surface area contributed by atoms with Gasteiger partial charge in [-0.25, -0.2) is 9.97 Å². The van der Waals surface area contributed by atoms with Crippen LogP contribution >= 0.6 is 0 Å². The lowest BCUT2D eigenvalue weighted by molar-refractivity contribution is -0.121. The average molecular weight is 358 g/mol. The summed E-state index contributed by atoms with van der Waals surface area (Å²) in [4.78, 5) is 20.3. The molecule has 2 aromatic rings. The molecule has 1 unspecified atom stereocenters. The first-order chi connectivity index (χ1) is 12.6. The molecule has 0 radical (unpaired) electrons. The van der Waals surface area contributed by atoms with Crippen molar-refractivity contribution in [3.63, 3.8) is 0 Å². The molecule has 1 amide bonds. The van der Waals surface area contributed by atoms with Gasteiger partial charge in [-0.3, -0.25) is 4.79 Å². The van der Waals surface area contributed by atoms with Gasteiger partial charge in [0.05, 0.1) is 19.3 Å². The van der Waals surface area contributed by atoms with Crippen molar-refractivity contribution in [2.24, 2.45) is 0 Å². The van der Waals surface area contributed by atoms with E-state index in [9.17, 15) is 4.79 Å². The molecule has 0 aliphatic rings. The number of carbonyl (C=O) groups is 1. The number of nitrogens with one attached hydrogen (secondary N) is 2. The molecule has 0 saturated carbocycles. The van der Waals surface area contributed by atoms with E-state index in [0.717, 1.165) is 5.56 Å². The van der Waals surface area contributed by atoms with E-state index in [1.54, 1.807) is 18.5 Å². The average Bonchev–Trinajstić information content (AvgIpc) is 2.64. The molecule has 1 heterocycles. The number of nitrogens with zero attached hydrogens (tertiary/aromatic N) is 2. The summed E-state index contributed by atoms with van der Waals surface area (Å²) in [5.74, 6) is 1.87. The summed E-state index contributed by atoms with van der Waals surface area (Å²) in [5, 5.41) is 6.00. The van der Waals surface area contributed by atoms with Crippen LogP contribution in [-0.4, -0.2) is 35.6 Å². The fourth-order valence-corrected chi connectivity index (χ4v) is 2.41. The number of ether oxygens (including phenoxy) is 2. The molecule has 0 bridgehead atoms. The van der Waals surface area contributed by atoms with Crippen LogP contribution in [0, 0.1) is 0 Å². The van der Waals surface area contributed by atoms with E-state index in [1.807, 2.05) is 39.0 Å². The van der Waals surface area contributed by atoms with Crippen molar-refractivity contribution in [3.05, 3.63) is 42.2 Å². The summed E-state index contributed by atoms with van der Waals surface area (Å²) in [6, 6.07) is 7.34. The molecule has 0 aliphatic heterocycles. The van der Waals surface area contributed by atoms with Gasteiger partial charge in [0.15, 0.2) is 11.5 Å². The minimum absolute atomic E-state index is 0.0484. The summed E-state index contributed by atoms with van der Waals surface area (Å²) in [6.07, 6.45) is 3.64. The van der Waals surface area contributed by atoms with Crippen molar-refractivity contribution < 1.29 is 14.3 Å². The second-order valence-corrected chi connectivity index (χ2v) is 5.61. The van der Waals surface area contributed by atoms with Gasteiger partial charge < -0.3 is 20.1 Å². The molecule has 1 aromatic heterocycles.